The summed E-state index contributed by atoms with van der Waals surface area (Å²) in [4.78, 5) is 7.20. The fourth-order valence-corrected chi connectivity index (χ4v) is 1.52. The summed E-state index contributed by atoms with van der Waals surface area (Å²) in [6, 6.07) is 3.83. The highest BCUT2D eigenvalue weighted by Gasteiger charge is 2.04. The predicted octanol–water partition coefficient (Wildman–Crippen LogP) is 1.76. The molecule has 4 nitrogen and oxygen atoms in total. The fraction of sp³-hybridized carbons (Fsp3) is 0. The predicted molar refractivity (Wildman–Crippen MR) is 66.5 cm³/mol. The molecule has 0 unspecified atom stereocenters. The maximum atomic E-state index is 8.86. The summed E-state index contributed by atoms with van der Waals surface area (Å²) in [5.74, 6) is 0. The Morgan fingerprint density at radius 2 is 2.44 bits per heavy atom. The van der Waals surface area contributed by atoms with Gasteiger partial charge in [0.05, 0.1) is 5.57 Å². The zero-order valence-electron chi connectivity index (χ0n) is 8.27. The fourth-order valence-electron chi connectivity index (χ4n) is 1.42. The summed E-state index contributed by atoms with van der Waals surface area (Å²) >= 11 is 4.77. The van der Waals surface area contributed by atoms with Gasteiger partial charge in [-0.3, -0.25) is 4.98 Å². The van der Waals surface area contributed by atoms with Gasteiger partial charge < -0.3 is 10.7 Å². The van der Waals surface area contributed by atoms with Crippen LogP contribution in [0, 0.1) is 11.3 Å². The molecule has 0 aliphatic rings. The Morgan fingerprint density at radius 1 is 1.62 bits per heavy atom. The number of nitrogens with one attached hydrogen (secondary N) is 1. The molecule has 2 rings (SSSR count). The van der Waals surface area contributed by atoms with E-state index < -0.39 is 0 Å². The standard InChI is InChI=1S/C11H8N4S/c12-4-7(11(13)16)3-8-5-15-10-1-2-14-6-9(8)10/h1-3,5-6,15H,(H2,13,16)/b7-3-. The first-order valence-electron chi connectivity index (χ1n) is 4.55. The lowest BCUT2D eigenvalue weighted by Crippen LogP contribution is -2.09. The number of fused-ring (bicyclic) bond motifs is 1. The normalized spacial score (nSPS) is 11.3. The molecule has 2 aromatic rings. The molecule has 0 fully saturated rings. The second kappa shape index (κ2) is 4.13. The largest absolute Gasteiger partial charge is 0.389 e. The second-order valence-corrected chi connectivity index (χ2v) is 3.64. The Hall–Kier alpha value is -2.19. The van der Waals surface area contributed by atoms with Gasteiger partial charge in [0.2, 0.25) is 0 Å². The lowest BCUT2D eigenvalue weighted by Gasteiger charge is -1.94. The van der Waals surface area contributed by atoms with Gasteiger partial charge in [-0.2, -0.15) is 5.26 Å². The average Bonchev–Trinajstić information content (AvgIpc) is 2.69. The number of nitriles is 1. The molecule has 0 amide bonds. The van der Waals surface area contributed by atoms with E-state index in [2.05, 4.69) is 9.97 Å². The Bertz CT molecular complexity index is 618. The molecular weight excluding hydrogens is 220 g/mol. The van der Waals surface area contributed by atoms with Gasteiger partial charge in [0.1, 0.15) is 11.1 Å². The molecule has 0 aliphatic heterocycles. The van der Waals surface area contributed by atoms with Crippen molar-refractivity contribution in [1.29, 1.82) is 5.26 Å². The Kier molecular flexibility index (Phi) is 2.66. The Labute approximate surface area is 97.4 Å². The van der Waals surface area contributed by atoms with Gasteiger partial charge in [0, 0.05) is 35.1 Å². The zero-order chi connectivity index (χ0) is 11.5. The van der Waals surface area contributed by atoms with E-state index in [4.69, 9.17) is 23.2 Å². The number of H-pyrrole nitrogens is 1. The van der Waals surface area contributed by atoms with Gasteiger partial charge in [-0.25, -0.2) is 0 Å². The molecule has 0 saturated heterocycles. The van der Waals surface area contributed by atoms with Crippen molar-refractivity contribution in [1.82, 2.24) is 9.97 Å². The molecule has 0 bridgehead atoms. The number of nitrogens with zero attached hydrogens (tertiary/aromatic N) is 2. The van der Waals surface area contributed by atoms with Crippen LogP contribution in [0.4, 0.5) is 0 Å². The van der Waals surface area contributed by atoms with Gasteiger partial charge in [0.15, 0.2) is 0 Å². The number of thiocarbonyl (C=S) groups is 1. The van der Waals surface area contributed by atoms with E-state index in [1.165, 1.54) is 0 Å². The van der Waals surface area contributed by atoms with E-state index in [1.807, 2.05) is 12.1 Å². The van der Waals surface area contributed by atoms with Crippen molar-refractivity contribution in [2.45, 2.75) is 0 Å². The van der Waals surface area contributed by atoms with Crippen molar-refractivity contribution < 1.29 is 0 Å². The van der Waals surface area contributed by atoms with Crippen molar-refractivity contribution in [3.63, 3.8) is 0 Å². The van der Waals surface area contributed by atoms with Crippen molar-refractivity contribution in [3.8, 4) is 6.07 Å². The van der Waals surface area contributed by atoms with Crippen LogP contribution < -0.4 is 5.73 Å². The number of hydrogen-bond donors (Lipinski definition) is 2. The number of hydrogen-bond acceptors (Lipinski definition) is 3. The first-order chi connectivity index (χ1) is 7.72. The Balaban J connectivity index is 2.57. The molecule has 0 aliphatic carbocycles. The lowest BCUT2D eigenvalue weighted by molar-refractivity contribution is 1.36. The lowest BCUT2D eigenvalue weighted by atomic mass is 10.1. The molecule has 0 spiro atoms. The van der Waals surface area contributed by atoms with Crippen LogP contribution in [0.15, 0.2) is 30.2 Å². The van der Waals surface area contributed by atoms with E-state index in [0.717, 1.165) is 16.5 Å². The SMILES string of the molecule is N#C/C(=C/c1c[nH]c2ccncc12)C(N)=S. The van der Waals surface area contributed by atoms with Gasteiger partial charge in [-0.05, 0) is 12.1 Å². The van der Waals surface area contributed by atoms with Crippen LogP contribution in [-0.2, 0) is 0 Å². The summed E-state index contributed by atoms with van der Waals surface area (Å²) in [7, 11) is 0. The van der Waals surface area contributed by atoms with Crippen molar-refractivity contribution in [2.24, 2.45) is 5.73 Å². The van der Waals surface area contributed by atoms with E-state index in [1.54, 1.807) is 24.7 Å². The topological polar surface area (TPSA) is 78.5 Å². The minimum absolute atomic E-state index is 0.0979. The molecule has 0 radical (unpaired) electrons. The first kappa shape index (κ1) is 10.3. The second-order valence-electron chi connectivity index (χ2n) is 3.20. The minimum Gasteiger partial charge on any atom is -0.389 e. The highest BCUT2D eigenvalue weighted by molar-refractivity contribution is 7.80. The number of aromatic amines is 1. The summed E-state index contributed by atoms with van der Waals surface area (Å²) in [6.07, 6.45) is 6.88. The van der Waals surface area contributed by atoms with E-state index in [-0.39, 0.29) is 4.99 Å². The highest BCUT2D eigenvalue weighted by Crippen LogP contribution is 2.19. The van der Waals surface area contributed by atoms with Gasteiger partial charge in [-0.1, -0.05) is 12.2 Å². The van der Waals surface area contributed by atoms with Crippen LogP contribution in [-0.4, -0.2) is 15.0 Å². The van der Waals surface area contributed by atoms with Crippen molar-refractivity contribution >= 4 is 34.2 Å². The number of pyridine rings is 1. The van der Waals surface area contributed by atoms with Gasteiger partial charge in [-0.15, -0.1) is 0 Å². The molecule has 2 aromatic heterocycles. The molecule has 0 atom stereocenters. The van der Waals surface area contributed by atoms with Gasteiger partial charge >= 0.3 is 0 Å². The smallest absolute Gasteiger partial charge is 0.114 e. The molecule has 16 heavy (non-hydrogen) atoms. The molecule has 2 heterocycles. The number of nitrogens with two attached hydrogens (primary N) is 1. The average molecular weight is 228 g/mol. The van der Waals surface area contributed by atoms with Crippen LogP contribution >= 0.6 is 12.2 Å². The summed E-state index contributed by atoms with van der Waals surface area (Å²) < 4.78 is 0. The molecule has 3 N–H and O–H groups in total. The van der Waals surface area contributed by atoms with E-state index >= 15 is 0 Å². The third kappa shape index (κ3) is 1.78. The van der Waals surface area contributed by atoms with Gasteiger partial charge in [0.25, 0.3) is 0 Å². The zero-order valence-corrected chi connectivity index (χ0v) is 9.08. The molecular formula is C11H8N4S. The quantitative estimate of drug-likeness (QED) is 0.466. The monoisotopic (exact) mass is 228 g/mol. The number of rotatable bonds is 2. The molecule has 0 saturated carbocycles. The minimum atomic E-state index is 0.0979. The maximum Gasteiger partial charge on any atom is 0.114 e. The van der Waals surface area contributed by atoms with Crippen LogP contribution in [0.1, 0.15) is 5.56 Å². The van der Waals surface area contributed by atoms with Crippen LogP contribution in [0.25, 0.3) is 17.0 Å². The van der Waals surface area contributed by atoms with E-state index in [0.29, 0.717) is 5.57 Å². The molecule has 78 valence electrons. The first-order valence-corrected chi connectivity index (χ1v) is 4.96. The van der Waals surface area contributed by atoms with Crippen molar-refractivity contribution in [3.05, 3.63) is 35.8 Å². The molecule has 5 heteroatoms. The van der Waals surface area contributed by atoms with Crippen LogP contribution in [0.3, 0.4) is 0 Å². The summed E-state index contributed by atoms with van der Waals surface area (Å²) in [6.45, 7) is 0. The third-order valence-corrected chi connectivity index (χ3v) is 2.42. The van der Waals surface area contributed by atoms with E-state index in [9.17, 15) is 0 Å². The summed E-state index contributed by atoms with van der Waals surface area (Å²) in [5, 5.41) is 9.79. The third-order valence-electron chi connectivity index (χ3n) is 2.20. The van der Waals surface area contributed by atoms with Crippen LogP contribution in [0.2, 0.25) is 0 Å². The summed E-state index contributed by atoms with van der Waals surface area (Å²) in [5.41, 5.74) is 7.53. The Morgan fingerprint density at radius 3 is 3.12 bits per heavy atom. The highest BCUT2D eigenvalue weighted by atomic mass is 32.1. The van der Waals surface area contributed by atoms with Crippen LogP contribution in [0.5, 0.6) is 0 Å². The maximum absolute atomic E-state index is 8.86. The molecule has 0 aromatic carbocycles. The number of aromatic nitrogens is 2. The van der Waals surface area contributed by atoms with Crippen molar-refractivity contribution in [2.75, 3.05) is 0 Å².